The number of aromatic nitrogens is 3. The number of hydrogen-bond acceptors (Lipinski definition) is 4. The Bertz CT molecular complexity index is 580. The molecule has 0 saturated carbocycles. The van der Waals surface area contributed by atoms with E-state index >= 15 is 0 Å². The van der Waals surface area contributed by atoms with E-state index in [1.165, 1.54) is 16.9 Å². The largest absolute Gasteiger partial charge is 0.486 e. The molecule has 1 aromatic carbocycles. The molecule has 8 heteroatoms. The summed E-state index contributed by atoms with van der Waals surface area (Å²) in [6.07, 6.45) is 1.20. The number of carboxylic acid groups (broad SMARTS) is 1. The molecular weight excluding hydrogens is 260 g/mol. The van der Waals surface area contributed by atoms with Crippen LogP contribution in [-0.4, -0.2) is 32.7 Å². The first-order valence-corrected chi connectivity index (χ1v) is 5.28. The van der Waals surface area contributed by atoms with Crippen molar-refractivity contribution >= 4 is 5.97 Å². The summed E-state index contributed by atoms with van der Waals surface area (Å²) in [7, 11) is 0. The van der Waals surface area contributed by atoms with Crippen LogP contribution >= 0.6 is 0 Å². The number of benzene rings is 1. The number of ether oxygens (including phenoxy) is 1. The smallest absolute Gasteiger partial charge is 0.358 e. The van der Waals surface area contributed by atoms with E-state index in [-0.39, 0.29) is 18.8 Å². The van der Waals surface area contributed by atoms with Gasteiger partial charge in [-0.2, -0.15) is 0 Å². The summed E-state index contributed by atoms with van der Waals surface area (Å²) in [5, 5.41) is 15.5. The molecule has 100 valence electrons. The fourth-order valence-corrected chi connectivity index (χ4v) is 1.37. The molecule has 0 aliphatic rings. The number of carboxylic acids is 1. The lowest BCUT2D eigenvalue weighted by atomic mass is 10.3. The monoisotopic (exact) mass is 269 g/mol. The molecule has 1 heterocycles. The van der Waals surface area contributed by atoms with Crippen molar-refractivity contribution in [1.29, 1.82) is 0 Å². The predicted molar refractivity (Wildman–Crippen MR) is 58.8 cm³/mol. The molecule has 0 amide bonds. The van der Waals surface area contributed by atoms with Crippen molar-refractivity contribution < 1.29 is 23.4 Å². The quantitative estimate of drug-likeness (QED) is 0.886. The Hall–Kier alpha value is -2.51. The van der Waals surface area contributed by atoms with Gasteiger partial charge >= 0.3 is 5.97 Å². The molecule has 0 radical (unpaired) electrons. The molecule has 2 aromatic rings. The Labute approximate surface area is 106 Å². The summed E-state index contributed by atoms with van der Waals surface area (Å²) < 4.78 is 32.6. The molecular formula is C11H9F2N3O3. The van der Waals surface area contributed by atoms with Gasteiger partial charge in [0.1, 0.15) is 6.61 Å². The van der Waals surface area contributed by atoms with Gasteiger partial charge in [0.25, 0.3) is 0 Å². The van der Waals surface area contributed by atoms with Gasteiger partial charge in [-0.15, -0.1) is 5.10 Å². The predicted octanol–water partition coefficient (Wildman–Crippen LogP) is 1.33. The maximum atomic E-state index is 13.2. The van der Waals surface area contributed by atoms with Crippen LogP contribution in [0.3, 0.4) is 0 Å². The van der Waals surface area contributed by atoms with E-state index in [1.807, 2.05) is 0 Å². The van der Waals surface area contributed by atoms with E-state index in [1.54, 1.807) is 0 Å². The van der Waals surface area contributed by atoms with Crippen LogP contribution in [-0.2, 0) is 6.54 Å². The van der Waals surface area contributed by atoms with Gasteiger partial charge in [0.15, 0.2) is 23.1 Å². The van der Waals surface area contributed by atoms with Gasteiger partial charge in [-0.05, 0) is 12.1 Å². The van der Waals surface area contributed by atoms with E-state index in [9.17, 15) is 13.6 Å². The van der Waals surface area contributed by atoms with E-state index in [4.69, 9.17) is 9.84 Å². The Kier molecular flexibility index (Phi) is 3.69. The summed E-state index contributed by atoms with van der Waals surface area (Å²) in [6, 6.07) is 3.39. The molecule has 6 nitrogen and oxygen atoms in total. The number of halogens is 2. The van der Waals surface area contributed by atoms with Crippen molar-refractivity contribution in [3.63, 3.8) is 0 Å². The Balaban J connectivity index is 1.94. The second-order valence-electron chi connectivity index (χ2n) is 3.57. The molecule has 19 heavy (non-hydrogen) atoms. The zero-order chi connectivity index (χ0) is 13.8. The molecule has 0 bridgehead atoms. The zero-order valence-corrected chi connectivity index (χ0v) is 9.58. The highest BCUT2D eigenvalue weighted by molar-refractivity contribution is 5.84. The number of para-hydroxylation sites is 1. The minimum absolute atomic E-state index is 0.0692. The summed E-state index contributed by atoms with van der Waals surface area (Å²) >= 11 is 0. The van der Waals surface area contributed by atoms with Crippen molar-refractivity contribution in [2.75, 3.05) is 6.61 Å². The van der Waals surface area contributed by atoms with Crippen LogP contribution in [0.5, 0.6) is 5.75 Å². The molecule has 0 unspecified atom stereocenters. The minimum atomic E-state index is -1.20. The lowest BCUT2D eigenvalue weighted by molar-refractivity contribution is 0.0690. The third kappa shape index (κ3) is 3.03. The van der Waals surface area contributed by atoms with Crippen molar-refractivity contribution in [2.45, 2.75) is 6.54 Å². The van der Waals surface area contributed by atoms with Gasteiger partial charge in [0.2, 0.25) is 0 Å². The number of aromatic carboxylic acids is 1. The fourth-order valence-electron chi connectivity index (χ4n) is 1.37. The van der Waals surface area contributed by atoms with Crippen LogP contribution < -0.4 is 4.74 Å². The number of rotatable bonds is 5. The standard InChI is InChI=1S/C11H9F2N3O3/c12-7-2-1-3-8(13)10(7)19-5-4-16-6-9(11(17)18)14-15-16/h1-3,6H,4-5H2,(H,17,18). The summed E-state index contributed by atoms with van der Waals surface area (Å²) in [5.41, 5.74) is -0.211. The molecule has 0 atom stereocenters. The van der Waals surface area contributed by atoms with E-state index in [0.717, 1.165) is 12.1 Å². The molecule has 1 N–H and O–H groups in total. The van der Waals surface area contributed by atoms with Crippen molar-refractivity contribution in [1.82, 2.24) is 15.0 Å². The second-order valence-corrected chi connectivity index (χ2v) is 3.57. The van der Waals surface area contributed by atoms with Crippen LogP contribution in [0.4, 0.5) is 8.78 Å². The molecule has 2 rings (SSSR count). The van der Waals surface area contributed by atoms with Crippen molar-refractivity contribution in [3.05, 3.63) is 41.7 Å². The first-order chi connectivity index (χ1) is 9.08. The molecule has 0 aliphatic carbocycles. The highest BCUT2D eigenvalue weighted by Crippen LogP contribution is 2.20. The average Bonchev–Trinajstić information content (AvgIpc) is 2.82. The SMILES string of the molecule is O=C(O)c1cn(CCOc2c(F)cccc2F)nn1. The van der Waals surface area contributed by atoms with Crippen molar-refractivity contribution in [3.8, 4) is 5.75 Å². The van der Waals surface area contributed by atoms with Gasteiger partial charge < -0.3 is 9.84 Å². The summed E-state index contributed by atoms with van der Waals surface area (Å²) in [5.74, 6) is -3.27. The Morgan fingerprint density at radius 3 is 2.63 bits per heavy atom. The van der Waals surface area contributed by atoms with E-state index < -0.39 is 23.4 Å². The normalized spacial score (nSPS) is 10.4. The maximum Gasteiger partial charge on any atom is 0.358 e. The molecule has 0 fully saturated rings. The summed E-state index contributed by atoms with van der Waals surface area (Å²) in [4.78, 5) is 10.6. The van der Waals surface area contributed by atoms with Crippen LogP contribution in [0.2, 0.25) is 0 Å². The van der Waals surface area contributed by atoms with Crippen LogP contribution in [0.15, 0.2) is 24.4 Å². The van der Waals surface area contributed by atoms with Gasteiger partial charge in [-0.25, -0.2) is 18.3 Å². The first-order valence-electron chi connectivity index (χ1n) is 5.28. The lowest BCUT2D eigenvalue weighted by Crippen LogP contribution is -2.10. The third-order valence-corrected chi connectivity index (χ3v) is 2.24. The third-order valence-electron chi connectivity index (χ3n) is 2.24. The van der Waals surface area contributed by atoms with Gasteiger partial charge in [0.05, 0.1) is 12.7 Å². The van der Waals surface area contributed by atoms with Gasteiger partial charge in [-0.3, -0.25) is 0 Å². The highest BCUT2D eigenvalue weighted by atomic mass is 19.1. The topological polar surface area (TPSA) is 77.2 Å². The lowest BCUT2D eigenvalue weighted by Gasteiger charge is -2.07. The molecule has 1 aromatic heterocycles. The fraction of sp³-hybridized carbons (Fsp3) is 0.182. The first kappa shape index (κ1) is 12.9. The molecule has 0 spiro atoms. The average molecular weight is 269 g/mol. The molecule has 0 saturated heterocycles. The van der Waals surface area contributed by atoms with E-state index in [2.05, 4.69) is 10.3 Å². The van der Waals surface area contributed by atoms with Crippen LogP contribution in [0.25, 0.3) is 0 Å². The maximum absolute atomic E-state index is 13.2. The molecule has 0 aliphatic heterocycles. The van der Waals surface area contributed by atoms with Gasteiger partial charge in [-0.1, -0.05) is 11.3 Å². The van der Waals surface area contributed by atoms with Crippen LogP contribution in [0, 0.1) is 11.6 Å². The van der Waals surface area contributed by atoms with E-state index in [0.29, 0.717) is 0 Å². The van der Waals surface area contributed by atoms with Gasteiger partial charge in [0, 0.05) is 0 Å². The van der Waals surface area contributed by atoms with Crippen LogP contribution in [0.1, 0.15) is 10.5 Å². The number of hydrogen-bond donors (Lipinski definition) is 1. The Morgan fingerprint density at radius 2 is 2.05 bits per heavy atom. The number of nitrogens with zero attached hydrogens (tertiary/aromatic N) is 3. The zero-order valence-electron chi connectivity index (χ0n) is 9.58. The highest BCUT2D eigenvalue weighted by Gasteiger charge is 2.11. The Morgan fingerprint density at radius 1 is 1.37 bits per heavy atom. The number of carbonyl (C=O) groups is 1. The van der Waals surface area contributed by atoms with Crippen molar-refractivity contribution in [2.24, 2.45) is 0 Å². The summed E-state index contributed by atoms with van der Waals surface area (Å²) in [6.45, 7) is 0.0499. The minimum Gasteiger partial charge on any atom is -0.486 e. The second kappa shape index (κ2) is 5.42.